The molecular formula is C5H6O2S2. The molecule has 1 N–H and O–H groups in total. The molecule has 1 aliphatic rings. The maximum absolute atomic E-state index is 10.3. The Hall–Kier alpha value is -0.0900. The second kappa shape index (κ2) is 3.17. The number of carboxylic acids is 1. The van der Waals surface area contributed by atoms with Crippen LogP contribution < -0.4 is 0 Å². The van der Waals surface area contributed by atoms with Gasteiger partial charge in [0.05, 0.1) is 0 Å². The van der Waals surface area contributed by atoms with Crippen LogP contribution in [0.1, 0.15) is 0 Å². The summed E-state index contributed by atoms with van der Waals surface area (Å²) in [5, 5.41) is 12.0. The number of hydrogen-bond acceptors (Lipinski definition) is 3. The Morgan fingerprint density at radius 2 is 2.44 bits per heavy atom. The fourth-order valence-electron chi connectivity index (χ4n) is 0.478. The summed E-state index contributed by atoms with van der Waals surface area (Å²) in [6.07, 6.45) is 0. The van der Waals surface area contributed by atoms with Crippen molar-refractivity contribution < 1.29 is 9.90 Å². The zero-order chi connectivity index (χ0) is 6.69. The van der Waals surface area contributed by atoms with Gasteiger partial charge in [-0.3, -0.25) is 4.79 Å². The van der Waals surface area contributed by atoms with Crippen LogP contribution in [-0.2, 0) is 4.79 Å². The van der Waals surface area contributed by atoms with Crippen LogP contribution in [0.5, 0.6) is 0 Å². The van der Waals surface area contributed by atoms with E-state index in [0.717, 1.165) is 0 Å². The quantitative estimate of drug-likeness (QED) is 0.632. The molecule has 0 aromatic carbocycles. The van der Waals surface area contributed by atoms with Crippen molar-refractivity contribution in [3.63, 3.8) is 0 Å². The van der Waals surface area contributed by atoms with E-state index in [-0.39, 0.29) is 5.25 Å². The Bertz CT molecular complexity index is 144. The Kier molecular flexibility index (Phi) is 2.48. The van der Waals surface area contributed by atoms with Crippen LogP contribution in [0.2, 0.25) is 0 Å². The van der Waals surface area contributed by atoms with Crippen LogP contribution >= 0.6 is 23.5 Å². The third kappa shape index (κ3) is 1.95. The highest BCUT2D eigenvalue weighted by molar-refractivity contribution is 8.09. The van der Waals surface area contributed by atoms with E-state index in [0.29, 0.717) is 5.75 Å². The molecule has 0 amide bonds. The van der Waals surface area contributed by atoms with Gasteiger partial charge in [-0.05, 0) is 10.8 Å². The maximum atomic E-state index is 10.3. The van der Waals surface area contributed by atoms with Crippen molar-refractivity contribution in [3.05, 3.63) is 10.8 Å². The zero-order valence-corrected chi connectivity index (χ0v) is 6.24. The summed E-state index contributed by atoms with van der Waals surface area (Å²) >= 11 is 2.92. The van der Waals surface area contributed by atoms with Gasteiger partial charge < -0.3 is 5.11 Å². The molecule has 1 aliphatic heterocycles. The van der Waals surface area contributed by atoms with E-state index in [4.69, 9.17) is 5.11 Å². The Balaban J connectivity index is 2.44. The van der Waals surface area contributed by atoms with Gasteiger partial charge in [0.2, 0.25) is 0 Å². The Morgan fingerprint density at radius 1 is 1.67 bits per heavy atom. The normalized spacial score (nSPS) is 26.0. The fourth-order valence-corrected chi connectivity index (χ4v) is 2.33. The molecule has 0 aliphatic carbocycles. The van der Waals surface area contributed by atoms with E-state index in [9.17, 15) is 4.79 Å². The first-order valence-electron chi connectivity index (χ1n) is 2.45. The van der Waals surface area contributed by atoms with E-state index in [1.165, 1.54) is 11.8 Å². The van der Waals surface area contributed by atoms with Crippen molar-refractivity contribution in [2.75, 3.05) is 5.75 Å². The molecule has 0 saturated carbocycles. The molecule has 0 spiro atoms. The average Bonchev–Trinajstić information content (AvgIpc) is 1.90. The number of carbonyl (C=O) groups is 1. The lowest BCUT2D eigenvalue weighted by Gasteiger charge is -2.10. The van der Waals surface area contributed by atoms with Crippen LogP contribution in [0, 0.1) is 0 Å². The molecule has 1 rings (SSSR count). The lowest BCUT2D eigenvalue weighted by atomic mass is 10.5. The van der Waals surface area contributed by atoms with Crippen LogP contribution in [0.4, 0.5) is 0 Å². The average molecular weight is 162 g/mol. The highest BCUT2D eigenvalue weighted by Gasteiger charge is 2.17. The SMILES string of the molecule is O=C(O)C1CSC=CS1. The summed E-state index contributed by atoms with van der Waals surface area (Å²) in [6.45, 7) is 0. The van der Waals surface area contributed by atoms with Crippen molar-refractivity contribution in [3.8, 4) is 0 Å². The zero-order valence-electron chi connectivity index (χ0n) is 4.61. The first-order chi connectivity index (χ1) is 4.30. The van der Waals surface area contributed by atoms with Crippen LogP contribution in [0.25, 0.3) is 0 Å². The van der Waals surface area contributed by atoms with Crippen molar-refractivity contribution >= 4 is 29.5 Å². The molecule has 0 aromatic heterocycles. The third-order valence-corrected chi connectivity index (χ3v) is 3.15. The van der Waals surface area contributed by atoms with Gasteiger partial charge in [-0.1, -0.05) is 0 Å². The van der Waals surface area contributed by atoms with Gasteiger partial charge >= 0.3 is 5.97 Å². The molecule has 1 atom stereocenters. The minimum Gasteiger partial charge on any atom is -0.480 e. The van der Waals surface area contributed by atoms with E-state index in [1.54, 1.807) is 11.8 Å². The lowest BCUT2D eigenvalue weighted by Crippen LogP contribution is -2.18. The van der Waals surface area contributed by atoms with Crippen molar-refractivity contribution in [1.29, 1.82) is 0 Å². The van der Waals surface area contributed by atoms with Crippen LogP contribution in [0.15, 0.2) is 10.8 Å². The summed E-state index contributed by atoms with van der Waals surface area (Å²) in [5.74, 6) is -0.0203. The van der Waals surface area contributed by atoms with E-state index < -0.39 is 5.97 Å². The van der Waals surface area contributed by atoms with E-state index in [2.05, 4.69) is 0 Å². The molecule has 0 saturated heterocycles. The molecule has 50 valence electrons. The van der Waals surface area contributed by atoms with Gasteiger partial charge in [-0.25, -0.2) is 0 Å². The number of aliphatic carboxylic acids is 1. The Morgan fingerprint density at radius 3 is 2.78 bits per heavy atom. The number of hydrogen-bond donors (Lipinski definition) is 1. The summed E-state index contributed by atoms with van der Waals surface area (Å²) in [5.41, 5.74) is 0. The largest absolute Gasteiger partial charge is 0.480 e. The van der Waals surface area contributed by atoms with Gasteiger partial charge in [-0.15, -0.1) is 23.5 Å². The number of rotatable bonds is 1. The fraction of sp³-hybridized carbons (Fsp3) is 0.400. The summed E-state index contributed by atoms with van der Waals surface area (Å²) in [6, 6.07) is 0. The van der Waals surface area contributed by atoms with Crippen LogP contribution in [-0.4, -0.2) is 22.1 Å². The van der Waals surface area contributed by atoms with Crippen molar-refractivity contribution in [1.82, 2.24) is 0 Å². The molecule has 0 radical (unpaired) electrons. The number of carboxylic acid groups (broad SMARTS) is 1. The second-order valence-electron chi connectivity index (χ2n) is 1.57. The first-order valence-corrected chi connectivity index (χ1v) is 4.45. The molecule has 1 heterocycles. The maximum Gasteiger partial charge on any atom is 0.317 e. The monoisotopic (exact) mass is 162 g/mol. The van der Waals surface area contributed by atoms with Gasteiger partial charge in [0.15, 0.2) is 0 Å². The minimum absolute atomic E-state index is 0.236. The van der Waals surface area contributed by atoms with Crippen molar-refractivity contribution in [2.24, 2.45) is 0 Å². The molecule has 4 heteroatoms. The lowest BCUT2D eigenvalue weighted by molar-refractivity contribution is -0.135. The molecular weight excluding hydrogens is 156 g/mol. The molecule has 0 fully saturated rings. The minimum atomic E-state index is -0.711. The predicted molar refractivity (Wildman–Crippen MR) is 40.6 cm³/mol. The van der Waals surface area contributed by atoms with Gasteiger partial charge in [0.25, 0.3) is 0 Å². The molecule has 0 bridgehead atoms. The summed E-state index contributed by atoms with van der Waals surface area (Å²) < 4.78 is 0. The van der Waals surface area contributed by atoms with Gasteiger partial charge in [-0.2, -0.15) is 0 Å². The first kappa shape index (κ1) is 7.02. The summed E-state index contributed by atoms with van der Waals surface area (Å²) in [7, 11) is 0. The molecule has 2 nitrogen and oxygen atoms in total. The third-order valence-electron chi connectivity index (χ3n) is 0.918. The standard InChI is InChI=1S/C5H6O2S2/c6-5(7)4-3-8-1-2-9-4/h1-2,4H,3H2,(H,6,7). The molecule has 0 aromatic rings. The predicted octanol–water partition coefficient (Wildman–Crippen LogP) is 1.39. The van der Waals surface area contributed by atoms with E-state index in [1.807, 2.05) is 10.8 Å². The Labute approximate surface area is 61.7 Å². The smallest absolute Gasteiger partial charge is 0.317 e. The number of thioether (sulfide) groups is 2. The summed E-state index contributed by atoms with van der Waals surface area (Å²) in [4.78, 5) is 10.3. The van der Waals surface area contributed by atoms with Gasteiger partial charge in [0, 0.05) is 5.75 Å². The van der Waals surface area contributed by atoms with E-state index >= 15 is 0 Å². The topological polar surface area (TPSA) is 37.3 Å². The van der Waals surface area contributed by atoms with Crippen molar-refractivity contribution in [2.45, 2.75) is 5.25 Å². The second-order valence-corrected chi connectivity index (χ2v) is 3.62. The van der Waals surface area contributed by atoms with Crippen LogP contribution in [0.3, 0.4) is 0 Å². The molecule has 1 unspecified atom stereocenters. The highest BCUT2D eigenvalue weighted by atomic mass is 32.2. The molecule has 9 heavy (non-hydrogen) atoms. The highest BCUT2D eigenvalue weighted by Crippen LogP contribution is 2.24. The van der Waals surface area contributed by atoms with Gasteiger partial charge in [0.1, 0.15) is 5.25 Å².